The van der Waals surface area contributed by atoms with Gasteiger partial charge in [-0.25, -0.2) is 0 Å². The van der Waals surface area contributed by atoms with Crippen LogP contribution < -0.4 is 11.5 Å². The molecule has 0 bridgehead atoms. The number of tetrazole rings is 1. The molecule has 4 N–H and O–H groups in total. The summed E-state index contributed by atoms with van der Waals surface area (Å²) in [4.78, 5) is 24.0. The highest BCUT2D eigenvalue weighted by atomic mass is 16.2. The molecule has 0 aliphatic heterocycles. The van der Waals surface area contributed by atoms with Crippen LogP contribution in [0.2, 0.25) is 0 Å². The predicted molar refractivity (Wildman–Crippen MR) is 94.8 cm³/mol. The summed E-state index contributed by atoms with van der Waals surface area (Å²) in [7, 11) is 0. The van der Waals surface area contributed by atoms with Gasteiger partial charge in [-0.2, -0.15) is 0 Å². The van der Waals surface area contributed by atoms with Crippen molar-refractivity contribution in [1.29, 1.82) is 0 Å². The average Bonchev–Trinajstić information content (AvgIpc) is 3.16. The van der Waals surface area contributed by atoms with E-state index in [0.717, 1.165) is 22.4 Å². The van der Waals surface area contributed by atoms with E-state index in [4.69, 9.17) is 11.5 Å². The molecule has 0 fully saturated rings. The van der Waals surface area contributed by atoms with Gasteiger partial charge < -0.3 is 11.5 Å². The second-order valence-corrected chi connectivity index (χ2v) is 5.91. The minimum Gasteiger partial charge on any atom is -0.370 e. The summed E-state index contributed by atoms with van der Waals surface area (Å²) >= 11 is 0. The highest BCUT2D eigenvalue weighted by Crippen LogP contribution is 2.26. The largest absolute Gasteiger partial charge is 0.370 e. The Balaban J connectivity index is 1.85. The normalized spacial score (nSPS) is 11.8. The summed E-state index contributed by atoms with van der Waals surface area (Å²) in [6, 6.07) is 15.4. The molecule has 8 nitrogen and oxygen atoms in total. The zero-order chi connectivity index (χ0) is 18.5. The van der Waals surface area contributed by atoms with Gasteiger partial charge in [-0.1, -0.05) is 42.5 Å². The van der Waals surface area contributed by atoms with Crippen molar-refractivity contribution in [2.24, 2.45) is 17.4 Å². The third kappa shape index (κ3) is 3.92. The summed E-state index contributed by atoms with van der Waals surface area (Å²) in [5, 5.41) is 11.8. The fourth-order valence-electron chi connectivity index (χ4n) is 2.79. The quantitative estimate of drug-likeness (QED) is 0.652. The molecule has 1 aromatic heterocycles. The van der Waals surface area contributed by atoms with Crippen molar-refractivity contribution in [3.63, 3.8) is 0 Å². The van der Waals surface area contributed by atoms with E-state index in [0.29, 0.717) is 6.42 Å². The lowest BCUT2D eigenvalue weighted by molar-refractivity contribution is -0.126. The number of primary amides is 2. The Morgan fingerprint density at radius 3 is 2.38 bits per heavy atom. The smallest absolute Gasteiger partial charge is 0.221 e. The summed E-state index contributed by atoms with van der Waals surface area (Å²) in [6.45, 7) is 0. The molecule has 3 rings (SSSR count). The van der Waals surface area contributed by atoms with Gasteiger partial charge in [0.05, 0.1) is 11.6 Å². The Bertz CT molecular complexity index is 906. The van der Waals surface area contributed by atoms with Crippen LogP contribution in [0.25, 0.3) is 16.8 Å². The number of carbonyl (C=O) groups is 2. The van der Waals surface area contributed by atoms with Crippen molar-refractivity contribution in [2.45, 2.75) is 12.8 Å². The highest BCUT2D eigenvalue weighted by molar-refractivity contribution is 5.84. The number of para-hydroxylation sites is 1. The van der Waals surface area contributed by atoms with Crippen LogP contribution in [0.15, 0.2) is 54.9 Å². The van der Waals surface area contributed by atoms with E-state index in [1.807, 2.05) is 48.5 Å². The number of hydrogen-bond donors (Lipinski definition) is 2. The number of nitrogens with two attached hydrogens (primary N) is 2. The maximum atomic E-state index is 11.5. The van der Waals surface area contributed by atoms with Gasteiger partial charge in [-0.15, -0.1) is 15.0 Å². The number of carbonyl (C=O) groups excluding carboxylic acids is 2. The summed E-state index contributed by atoms with van der Waals surface area (Å²) in [6.07, 6.45) is 1.69. The predicted octanol–water partition coefficient (Wildman–Crippen LogP) is 0.849. The molecule has 0 spiro atoms. The molecule has 26 heavy (non-hydrogen) atoms. The van der Waals surface area contributed by atoms with E-state index in [-0.39, 0.29) is 6.42 Å². The first-order chi connectivity index (χ1) is 12.5. The molecule has 2 amide bonds. The number of amides is 2. The van der Waals surface area contributed by atoms with Crippen LogP contribution in [0, 0.1) is 5.92 Å². The molecular weight excluding hydrogens is 332 g/mol. The molecule has 0 radical (unpaired) electrons. The fourth-order valence-corrected chi connectivity index (χ4v) is 2.79. The molecule has 0 saturated heterocycles. The van der Waals surface area contributed by atoms with E-state index in [9.17, 15) is 9.59 Å². The van der Waals surface area contributed by atoms with E-state index in [2.05, 4.69) is 15.4 Å². The van der Waals surface area contributed by atoms with Crippen molar-refractivity contribution in [3.05, 3.63) is 60.4 Å². The second kappa shape index (κ2) is 7.56. The zero-order valence-electron chi connectivity index (χ0n) is 13.9. The van der Waals surface area contributed by atoms with Gasteiger partial charge in [0, 0.05) is 12.0 Å². The van der Waals surface area contributed by atoms with Gasteiger partial charge in [-0.3, -0.25) is 9.59 Å². The van der Waals surface area contributed by atoms with Crippen molar-refractivity contribution < 1.29 is 9.59 Å². The van der Waals surface area contributed by atoms with Crippen LogP contribution in [0.5, 0.6) is 0 Å². The van der Waals surface area contributed by atoms with Crippen LogP contribution in [0.3, 0.4) is 0 Å². The number of benzene rings is 2. The van der Waals surface area contributed by atoms with Crippen LogP contribution in [0.4, 0.5) is 0 Å². The number of aromatic nitrogens is 4. The Morgan fingerprint density at radius 2 is 1.77 bits per heavy atom. The molecular formula is C18H18N6O2. The van der Waals surface area contributed by atoms with Crippen LogP contribution in [-0.4, -0.2) is 32.0 Å². The molecule has 8 heteroatoms. The molecule has 1 unspecified atom stereocenters. The van der Waals surface area contributed by atoms with E-state index in [1.54, 1.807) is 0 Å². The van der Waals surface area contributed by atoms with E-state index in [1.165, 1.54) is 11.1 Å². The molecule has 3 aromatic rings. The fraction of sp³-hybridized carbons (Fsp3) is 0.167. The third-order valence-electron chi connectivity index (χ3n) is 4.07. The molecule has 132 valence electrons. The number of hydrogen-bond acceptors (Lipinski definition) is 5. The Labute approximate surface area is 149 Å². The lowest BCUT2D eigenvalue weighted by Gasteiger charge is -2.12. The van der Waals surface area contributed by atoms with Gasteiger partial charge in [0.25, 0.3) is 0 Å². The Kier molecular flexibility index (Phi) is 5.02. The van der Waals surface area contributed by atoms with Crippen LogP contribution >= 0.6 is 0 Å². The summed E-state index contributed by atoms with van der Waals surface area (Å²) in [5.41, 5.74) is 14.2. The zero-order valence-corrected chi connectivity index (χ0v) is 13.9. The second-order valence-electron chi connectivity index (χ2n) is 5.91. The molecule has 1 atom stereocenters. The highest BCUT2D eigenvalue weighted by Gasteiger charge is 2.18. The van der Waals surface area contributed by atoms with Crippen LogP contribution in [-0.2, 0) is 16.0 Å². The molecule has 0 aliphatic rings. The van der Waals surface area contributed by atoms with Crippen molar-refractivity contribution in [1.82, 2.24) is 20.2 Å². The van der Waals surface area contributed by atoms with Gasteiger partial charge in [0.2, 0.25) is 11.8 Å². The van der Waals surface area contributed by atoms with Gasteiger partial charge in [0.15, 0.2) is 6.33 Å². The third-order valence-corrected chi connectivity index (χ3v) is 4.07. The minimum absolute atomic E-state index is 0.0577. The van der Waals surface area contributed by atoms with Crippen molar-refractivity contribution in [2.75, 3.05) is 0 Å². The lowest BCUT2D eigenvalue weighted by Crippen LogP contribution is -2.29. The van der Waals surface area contributed by atoms with Gasteiger partial charge in [0.1, 0.15) is 0 Å². The SMILES string of the molecule is NC(=O)CC(Cc1ccc(-c2ccccc2-n2ncnn2)cc1)C(N)=O. The first-order valence-corrected chi connectivity index (χ1v) is 8.04. The number of nitrogens with zero attached hydrogens (tertiary/aromatic N) is 4. The molecule has 2 aromatic carbocycles. The van der Waals surface area contributed by atoms with E-state index >= 15 is 0 Å². The first kappa shape index (κ1) is 17.3. The average molecular weight is 350 g/mol. The monoisotopic (exact) mass is 350 g/mol. The first-order valence-electron chi connectivity index (χ1n) is 8.04. The Hall–Kier alpha value is -3.55. The molecule has 1 heterocycles. The molecule has 0 saturated carbocycles. The van der Waals surface area contributed by atoms with Crippen LogP contribution in [0.1, 0.15) is 12.0 Å². The standard InChI is InChI=1S/C18H18N6O2/c19-17(25)10-14(18(20)26)9-12-5-7-13(8-6-12)15-3-1-2-4-16(15)24-22-11-21-23-24/h1-8,11,14H,9-10H2,(H2,19,25)(H2,20,26). The minimum atomic E-state index is -0.606. The topological polar surface area (TPSA) is 130 Å². The number of rotatable bonds is 7. The summed E-state index contributed by atoms with van der Waals surface area (Å²) in [5.74, 6) is -1.68. The lowest BCUT2D eigenvalue weighted by atomic mass is 9.94. The Morgan fingerprint density at radius 1 is 1.04 bits per heavy atom. The van der Waals surface area contributed by atoms with E-state index < -0.39 is 17.7 Å². The van der Waals surface area contributed by atoms with Crippen molar-refractivity contribution >= 4 is 11.8 Å². The maximum absolute atomic E-state index is 11.5. The van der Waals surface area contributed by atoms with Gasteiger partial charge >= 0.3 is 0 Å². The van der Waals surface area contributed by atoms with Crippen molar-refractivity contribution in [3.8, 4) is 16.8 Å². The maximum Gasteiger partial charge on any atom is 0.221 e. The molecule has 0 aliphatic carbocycles. The summed E-state index contributed by atoms with van der Waals surface area (Å²) < 4.78 is 0. The van der Waals surface area contributed by atoms with Gasteiger partial charge in [-0.05, 0) is 28.8 Å².